The highest BCUT2D eigenvalue weighted by Gasteiger charge is 2.41. The van der Waals surface area contributed by atoms with E-state index in [4.69, 9.17) is 9.47 Å². The molecule has 6 nitrogen and oxygen atoms in total. The number of methoxy groups -OCH3 is 2. The average molecular weight is 333 g/mol. The molecule has 3 rings (SSSR count). The third kappa shape index (κ3) is 2.43. The number of amides is 1. The van der Waals surface area contributed by atoms with Crippen molar-refractivity contribution in [2.45, 2.75) is 11.4 Å². The second kappa shape index (κ2) is 5.58. The van der Waals surface area contributed by atoms with Gasteiger partial charge in [0, 0.05) is 0 Å². The summed E-state index contributed by atoms with van der Waals surface area (Å²) < 4.78 is 34.7. The lowest BCUT2D eigenvalue weighted by Crippen LogP contribution is -2.28. The third-order valence-corrected chi connectivity index (χ3v) is 5.29. The van der Waals surface area contributed by atoms with E-state index in [0.717, 1.165) is 5.56 Å². The Kier molecular flexibility index (Phi) is 3.73. The van der Waals surface area contributed by atoms with E-state index < -0.39 is 15.1 Å². The Labute approximate surface area is 134 Å². The predicted octanol–water partition coefficient (Wildman–Crippen LogP) is 2.62. The fraction of sp³-hybridized carbons (Fsp3) is 0.188. The highest BCUT2D eigenvalue weighted by Crippen LogP contribution is 2.37. The van der Waals surface area contributed by atoms with Gasteiger partial charge in [0.2, 0.25) is 0 Å². The lowest BCUT2D eigenvalue weighted by molar-refractivity contribution is 0.263. The van der Waals surface area contributed by atoms with E-state index in [9.17, 15) is 13.2 Å². The fourth-order valence-electron chi connectivity index (χ4n) is 2.56. The van der Waals surface area contributed by atoms with Crippen LogP contribution in [0.25, 0.3) is 0 Å². The number of fused-ring (bicyclic) bond motifs is 1. The molecule has 0 saturated carbocycles. The van der Waals surface area contributed by atoms with Crippen LogP contribution in [-0.2, 0) is 16.4 Å². The van der Waals surface area contributed by atoms with Gasteiger partial charge in [-0.3, -0.25) is 9.69 Å². The van der Waals surface area contributed by atoms with E-state index in [-0.39, 0.29) is 11.4 Å². The van der Waals surface area contributed by atoms with Crippen LogP contribution in [0.1, 0.15) is 5.56 Å². The van der Waals surface area contributed by atoms with Gasteiger partial charge in [0.15, 0.2) is 11.5 Å². The standard InChI is InChI=1S/C16H15NO5S/c1-21-13-8-7-11(9-14(13)22-2)10-17-12-5-3-4-6-15(12)23(19,20)16(17)18/h3-9H,10H2,1-2H3. The first-order chi connectivity index (χ1) is 11.0. The molecule has 0 atom stereocenters. The first-order valence-electron chi connectivity index (χ1n) is 6.85. The van der Waals surface area contributed by atoms with Crippen LogP contribution in [-0.4, -0.2) is 27.9 Å². The summed E-state index contributed by atoms with van der Waals surface area (Å²) in [5, 5.41) is -0.909. The number of carbonyl (C=O) groups excluding carboxylic acids is 1. The number of benzene rings is 2. The number of anilines is 1. The molecule has 0 radical (unpaired) electrons. The van der Waals surface area contributed by atoms with E-state index in [2.05, 4.69) is 0 Å². The van der Waals surface area contributed by atoms with Gasteiger partial charge in [-0.05, 0) is 29.8 Å². The van der Waals surface area contributed by atoms with Crippen molar-refractivity contribution in [2.24, 2.45) is 0 Å². The van der Waals surface area contributed by atoms with Crippen LogP contribution in [0.2, 0.25) is 0 Å². The Bertz CT molecular complexity index is 876. The average Bonchev–Trinajstić information content (AvgIpc) is 2.76. The molecule has 0 spiro atoms. The molecule has 0 saturated heterocycles. The maximum Gasteiger partial charge on any atom is 0.348 e. The van der Waals surface area contributed by atoms with Gasteiger partial charge < -0.3 is 9.47 Å². The summed E-state index contributed by atoms with van der Waals surface area (Å²) in [5.74, 6) is 1.09. The van der Waals surface area contributed by atoms with Gasteiger partial charge in [-0.15, -0.1) is 0 Å². The monoisotopic (exact) mass is 333 g/mol. The molecule has 2 aromatic rings. The first kappa shape index (κ1) is 15.4. The van der Waals surface area contributed by atoms with Gasteiger partial charge >= 0.3 is 5.24 Å². The van der Waals surface area contributed by atoms with Crippen molar-refractivity contribution in [3.05, 3.63) is 48.0 Å². The van der Waals surface area contributed by atoms with E-state index in [1.165, 1.54) is 25.2 Å². The molecule has 0 aromatic heterocycles. The molecule has 2 aromatic carbocycles. The van der Waals surface area contributed by atoms with Crippen LogP contribution < -0.4 is 14.4 Å². The lowest BCUT2D eigenvalue weighted by atomic mass is 10.1. The van der Waals surface area contributed by atoms with Crippen LogP contribution in [0.4, 0.5) is 10.5 Å². The maximum atomic E-state index is 12.2. The molecule has 0 bridgehead atoms. The molecular weight excluding hydrogens is 318 g/mol. The van der Waals surface area contributed by atoms with Crippen molar-refractivity contribution in [1.29, 1.82) is 0 Å². The Morgan fingerprint density at radius 3 is 2.39 bits per heavy atom. The quantitative estimate of drug-likeness (QED) is 0.860. The molecule has 1 heterocycles. The number of carbonyl (C=O) groups is 1. The minimum atomic E-state index is -3.95. The molecule has 0 unspecified atom stereocenters. The zero-order chi connectivity index (χ0) is 16.6. The maximum absolute atomic E-state index is 12.2. The second-order valence-corrected chi connectivity index (χ2v) is 6.81. The van der Waals surface area contributed by atoms with Crippen molar-refractivity contribution in [1.82, 2.24) is 0 Å². The Balaban J connectivity index is 2.00. The van der Waals surface area contributed by atoms with Crippen LogP contribution in [0, 0.1) is 0 Å². The van der Waals surface area contributed by atoms with Gasteiger partial charge in [0.1, 0.15) is 4.90 Å². The minimum absolute atomic E-state index is 0.0467. The number of ether oxygens (including phenoxy) is 2. The molecule has 1 aliphatic rings. The first-order valence-corrected chi connectivity index (χ1v) is 8.34. The van der Waals surface area contributed by atoms with Crippen molar-refractivity contribution in [3.8, 4) is 11.5 Å². The van der Waals surface area contributed by atoms with Crippen LogP contribution >= 0.6 is 0 Å². The molecular formula is C16H15NO5S. The van der Waals surface area contributed by atoms with E-state index in [1.54, 1.807) is 36.4 Å². The summed E-state index contributed by atoms with van der Waals surface area (Å²) in [5.41, 5.74) is 1.13. The molecule has 1 aliphatic heterocycles. The minimum Gasteiger partial charge on any atom is -0.493 e. The highest BCUT2D eigenvalue weighted by molar-refractivity contribution is 8.07. The number of hydrogen-bond acceptors (Lipinski definition) is 5. The van der Waals surface area contributed by atoms with Crippen molar-refractivity contribution in [2.75, 3.05) is 19.1 Å². The summed E-state index contributed by atoms with van der Waals surface area (Å²) in [6, 6.07) is 11.6. The van der Waals surface area contributed by atoms with Gasteiger partial charge in [0.25, 0.3) is 9.84 Å². The number of para-hydroxylation sites is 1. The molecule has 0 aliphatic carbocycles. The van der Waals surface area contributed by atoms with Gasteiger partial charge in [-0.2, -0.15) is 0 Å². The van der Waals surface area contributed by atoms with E-state index in [0.29, 0.717) is 17.2 Å². The summed E-state index contributed by atoms with van der Waals surface area (Å²) in [4.78, 5) is 13.6. The summed E-state index contributed by atoms with van der Waals surface area (Å²) >= 11 is 0. The number of rotatable bonds is 4. The molecule has 0 fully saturated rings. The normalized spacial score (nSPS) is 15.4. The third-order valence-electron chi connectivity index (χ3n) is 3.68. The van der Waals surface area contributed by atoms with Crippen molar-refractivity contribution in [3.63, 3.8) is 0 Å². The fourth-order valence-corrected chi connectivity index (χ4v) is 3.91. The van der Waals surface area contributed by atoms with Gasteiger partial charge in [-0.1, -0.05) is 18.2 Å². The summed E-state index contributed by atoms with van der Waals surface area (Å²) in [7, 11) is -0.903. The Morgan fingerprint density at radius 2 is 1.70 bits per heavy atom. The molecule has 1 amide bonds. The van der Waals surface area contributed by atoms with Crippen LogP contribution in [0.15, 0.2) is 47.4 Å². The highest BCUT2D eigenvalue weighted by atomic mass is 32.2. The zero-order valence-electron chi connectivity index (χ0n) is 12.6. The number of sulfone groups is 1. The smallest absolute Gasteiger partial charge is 0.348 e. The lowest BCUT2D eigenvalue weighted by Gasteiger charge is -2.17. The van der Waals surface area contributed by atoms with E-state index in [1.807, 2.05) is 0 Å². The van der Waals surface area contributed by atoms with Gasteiger partial charge in [0.05, 0.1) is 26.5 Å². The topological polar surface area (TPSA) is 72.9 Å². The molecule has 23 heavy (non-hydrogen) atoms. The van der Waals surface area contributed by atoms with Crippen molar-refractivity contribution >= 4 is 20.8 Å². The van der Waals surface area contributed by atoms with E-state index >= 15 is 0 Å². The van der Waals surface area contributed by atoms with Gasteiger partial charge in [-0.25, -0.2) is 8.42 Å². The predicted molar refractivity (Wildman–Crippen MR) is 84.8 cm³/mol. The summed E-state index contributed by atoms with van der Waals surface area (Å²) in [6.07, 6.45) is 0. The largest absolute Gasteiger partial charge is 0.493 e. The molecule has 0 N–H and O–H groups in total. The van der Waals surface area contributed by atoms with Crippen LogP contribution in [0.3, 0.4) is 0 Å². The second-order valence-electron chi connectivity index (χ2n) is 5.01. The molecule has 7 heteroatoms. The molecule has 120 valence electrons. The number of nitrogens with zero attached hydrogens (tertiary/aromatic N) is 1. The SMILES string of the molecule is COc1ccc(CN2C(=O)S(=O)(=O)c3ccccc32)cc1OC. The Hall–Kier alpha value is -2.54. The Morgan fingerprint density at radius 1 is 1.00 bits per heavy atom. The summed E-state index contributed by atoms with van der Waals surface area (Å²) in [6.45, 7) is 0.134. The van der Waals surface area contributed by atoms with Crippen molar-refractivity contribution < 1.29 is 22.7 Å². The zero-order valence-corrected chi connectivity index (χ0v) is 13.5. The van der Waals surface area contributed by atoms with Crippen LogP contribution in [0.5, 0.6) is 11.5 Å². The number of hydrogen-bond donors (Lipinski definition) is 0.